The molecule has 2 aliphatic rings. The molecule has 2 heterocycles. The van der Waals surface area contributed by atoms with Crippen molar-refractivity contribution in [2.24, 2.45) is 0 Å². The van der Waals surface area contributed by atoms with Crippen LogP contribution < -0.4 is 10.2 Å². The molecular formula is C16H25N3. The summed E-state index contributed by atoms with van der Waals surface area (Å²) < 4.78 is 0. The highest BCUT2D eigenvalue weighted by Crippen LogP contribution is 2.30. The average Bonchev–Trinajstić information content (AvgIpc) is 3.19. The van der Waals surface area contributed by atoms with Crippen LogP contribution in [0.5, 0.6) is 0 Å². The minimum absolute atomic E-state index is 0.629. The van der Waals surface area contributed by atoms with E-state index in [1.165, 1.54) is 43.6 Å². The predicted octanol–water partition coefficient (Wildman–Crippen LogP) is 3.10. The normalized spacial score (nSPS) is 26.9. The van der Waals surface area contributed by atoms with Gasteiger partial charge in [-0.1, -0.05) is 13.0 Å². The molecule has 19 heavy (non-hydrogen) atoms. The van der Waals surface area contributed by atoms with Crippen molar-refractivity contribution in [3.8, 4) is 0 Å². The largest absolute Gasteiger partial charge is 0.351 e. The summed E-state index contributed by atoms with van der Waals surface area (Å²) in [5.41, 5.74) is 1.18. The Morgan fingerprint density at radius 3 is 2.84 bits per heavy atom. The lowest BCUT2D eigenvalue weighted by Crippen LogP contribution is -2.35. The van der Waals surface area contributed by atoms with Gasteiger partial charge in [-0.15, -0.1) is 0 Å². The third kappa shape index (κ3) is 2.92. The maximum Gasteiger partial charge on any atom is 0.129 e. The first kappa shape index (κ1) is 12.9. The lowest BCUT2D eigenvalue weighted by atomic mass is 10.1. The molecule has 2 fully saturated rings. The van der Waals surface area contributed by atoms with Crippen molar-refractivity contribution < 1.29 is 0 Å². The van der Waals surface area contributed by atoms with Gasteiger partial charge in [0.2, 0.25) is 0 Å². The molecule has 1 aromatic heterocycles. The zero-order valence-corrected chi connectivity index (χ0v) is 12.1. The summed E-state index contributed by atoms with van der Waals surface area (Å²) in [5, 5.41) is 3.55. The molecule has 0 amide bonds. The summed E-state index contributed by atoms with van der Waals surface area (Å²) in [7, 11) is 0. The maximum atomic E-state index is 4.87. The van der Waals surface area contributed by atoms with E-state index in [1.54, 1.807) is 0 Å². The van der Waals surface area contributed by atoms with Crippen molar-refractivity contribution in [3.05, 3.63) is 23.9 Å². The van der Waals surface area contributed by atoms with Gasteiger partial charge in [0.15, 0.2) is 0 Å². The molecule has 2 unspecified atom stereocenters. The molecule has 3 rings (SSSR count). The Labute approximate surface area is 116 Å². The van der Waals surface area contributed by atoms with E-state index in [9.17, 15) is 0 Å². The number of anilines is 1. The summed E-state index contributed by atoms with van der Waals surface area (Å²) in [6, 6.07) is 8.52. The molecule has 3 nitrogen and oxygen atoms in total. The molecule has 1 aliphatic carbocycles. The van der Waals surface area contributed by atoms with E-state index < -0.39 is 0 Å². The van der Waals surface area contributed by atoms with Crippen molar-refractivity contribution in [2.45, 2.75) is 70.6 Å². The van der Waals surface area contributed by atoms with Crippen LogP contribution >= 0.6 is 0 Å². The molecule has 1 saturated heterocycles. The Morgan fingerprint density at radius 2 is 2.11 bits per heavy atom. The van der Waals surface area contributed by atoms with Crippen molar-refractivity contribution in [2.75, 3.05) is 4.90 Å². The Bertz CT molecular complexity index is 428. The van der Waals surface area contributed by atoms with Crippen LogP contribution in [0.2, 0.25) is 0 Å². The lowest BCUT2D eigenvalue weighted by molar-refractivity contribution is 0.616. The summed E-state index contributed by atoms with van der Waals surface area (Å²) in [4.78, 5) is 7.39. The number of aromatic nitrogens is 1. The number of nitrogens with zero attached hydrogens (tertiary/aromatic N) is 2. The fraction of sp³-hybridized carbons (Fsp3) is 0.688. The van der Waals surface area contributed by atoms with Crippen molar-refractivity contribution in [1.82, 2.24) is 10.3 Å². The van der Waals surface area contributed by atoms with Gasteiger partial charge in [-0.05, 0) is 51.2 Å². The van der Waals surface area contributed by atoms with Gasteiger partial charge >= 0.3 is 0 Å². The highest BCUT2D eigenvalue weighted by Gasteiger charge is 2.30. The summed E-state index contributed by atoms with van der Waals surface area (Å²) in [5.74, 6) is 1.17. The standard InChI is InChI=1S/C16H25N3/c1-3-15-10-7-12(2)19(15)16-6-4-5-14(18-16)11-17-13-8-9-13/h4-6,12-13,15,17H,3,7-11H2,1-2H3. The molecule has 0 aromatic carbocycles. The highest BCUT2D eigenvalue weighted by atomic mass is 15.3. The quantitative estimate of drug-likeness (QED) is 0.880. The molecular weight excluding hydrogens is 234 g/mol. The second kappa shape index (κ2) is 5.49. The van der Waals surface area contributed by atoms with Crippen LogP contribution in [0.3, 0.4) is 0 Å². The van der Waals surface area contributed by atoms with Gasteiger partial charge in [-0.2, -0.15) is 0 Å². The van der Waals surface area contributed by atoms with Gasteiger partial charge in [0, 0.05) is 24.7 Å². The molecule has 1 aromatic rings. The molecule has 104 valence electrons. The summed E-state index contributed by atoms with van der Waals surface area (Å²) in [6.07, 6.45) is 6.49. The third-order valence-electron chi connectivity index (χ3n) is 4.46. The van der Waals surface area contributed by atoms with Crippen LogP contribution in [0, 0.1) is 0 Å². The maximum absolute atomic E-state index is 4.87. The van der Waals surface area contributed by atoms with E-state index in [4.69, 9.17) is 4.98 Å². The van der Waals surface area contributed by atoms with Crippen LogP contribution in [-0.4, -0.2) is 23.1 Å². The van der Waals surface area contributed by atoms with Gasteiger partial charge in [0.1, 0.15) is 5.82 Å². The number of hydrogen-bond acceptors (Lipinski definition) is 3. The van der Waals surface area contributed by atoms with Gasteiger partial charge in [0.25, 0.3) is 0 Å². The Balaban J connectivity index is 1.73. The van der Waals surface area contributed by atoms with E-state index in [-0.39, 0.29) is 0 Å². The Kier molecular flexibility index (Phi) is 3.74. The Hall–Kier alpha value is -1.09. The summed E-state index contributed by atoms with van der Waals surface area (Å²) in [6.45, 7) is 5.53. The lowest BCUT2D eigenvalue weighted by Gasteiger charge is -2.29. The molecule has 1 N–H and O–H groups in total. The van der Waals surface area contributed by atoms with E-state index in [0.29, 0.717) is 12.1 Å². The second-order valence-electron chi connectivity index (χ2n) is 6.04. The minimum atomic E-state index is 0.629. The molecule has 0 bridgehead atoms. The first-order valence-electron chi connectivity index (χ1n) is 7.75. The Morgan fingerprint density at radius 1 is 1.26 bits per heavy atom. The fourth-order valence-electron chi connectivity index (χ4n) is 3.13. The molecule has 0 radical (unpaired) electrons. The van der Waals surface area contributed by atoms with Gasteiger partial charge < -0.3 is 10.2 Å². The molecule has 1 aliphatic heterocycles. The van der Waals surface area contributed by atoms with Crippen LogP contribution in [0.25, 0.3) is 0 Å². The molecule has 0 spiro atoms. The van der Waals surface area contributed by atoms with E-state index in [0.717, 1.165) is 12.6 Å². The zero-order chi connectivity index (χ0) is 13.2. The minimum Gasteiger partial charge on any atom is -0.351 e. The van der Waals surface area contributed by atoms with Crippen molar-refractivity contribution in [1.29, 1.82) is 0 Å². The second-order valence-corrected chi connectivity index (χ2v) is 6.04. The van der Waals surface area contributed by atoms with Crippen molar-refractivity contribution in [3.63, 3.8) is 0 Å². The SMILES string of the molecule is CCC1CCC(C)N1c1cccc(CNC2CC2)n1. The van der Waals surface area contributed by atoms with Gasteiger partial charge in [-0.25, -0.2) is 4.98 Å². The third-order valence-corrected chi connectivity index (χ3v) is 4.46. The van der Waals surface area contributed by atoms with Gasteiger partial charge in [-0.3, -0.25) is 0 Å². The fourth-order valence-corrected chi connectivity index (χ4v) is 3.13. The van der Waals surface area contributed by atoms with Crippen LogP contribution in [0.4, 0.5) is 5.82 Å². The average molecular weight is 259 g/mol. The number of hydrogen-bond donors (Lipinski definition) is 1. The van der Waals surface area contributed by atoms with Crippen LogP contribution in [0.1, 0.15) is 51.6 Å². The molecule has 1 saturated carbocycles. The predicted molar refractivity (Wildman–Crippen MR) is 79.4 cm³/mol. The highest BCUT2D eigenvalue weighted by molar-refractivity contribution is 5.43. The van der Waals surface area contributed by atoms with E-state index in [2.05, 4.69) is 42.3 Å². The monoisotopic (exact) mass is 259 g/mol. The van der Waals surface area contributed by atoms with E-state index >= 15 is 0 Å². The topological polar surface area (TPSA) is 28.2 Å². The number of pyridine rings is 1. The summed E-state index contributed by atoms with van der Waals surface area (Å²) >= 11 is 0. The number of nitrogens with one attached hydrogen (secondary N) is 1. The first-order valence-corrected chi connectivity index (χ1v) is 7.75. The van der Waals surface area contributed by atoms with Crippen LogP contribution in [0.15, 0.2) is 18.2 Å². The smallest absolute Gasteiger partial charge is 0.129 e. The van der Waals surface area contributed by atoms with Crippen molar-refractivity contribution >= 4 is 5.82 Å². The zero-order valence-electron chi connectivity index (χ0n) is 12.1. The molecule has 2 atom stereocenters. The molecule has 3 heteroatoms. The first-order chi connectivity index (χ1) is 9.28. The van der Waals surface area contributed by atoms with E-state index in [1.807, 2.05) is 0 Å². The van der Waals surface area contributed by atoms with Crippen LogP contribution in [-0.2, 0) is 6.54 Å². The number of rotatable bonds is 5. The van der Waals surface area contributed by atoms with Gasteiger partial charge in [0.05, 0.1) is 5.69 Å².